The van der Waals surface area contributed by atoms with E-state index in [9.17, 15) is 5.11 Å². The van der Waals surface area contributed by atoms with Crippen LogP contribution in [0.25, 0.3) is 0 Å². The van der Waals surface area contributed by atoms with Gasteiger partial charge in [0.15, 0.2) is 0 Å². The van der Waals surface area contributed by atoms with Gasteiger partial charge in [-0.05, 0) is 86.8 Å². The highest BCUT2D eigenvalue weighted by Gasteiger charge is 2.31. The summed E-state index contributed by atoms with van der Waals surface area (Å²) < 4.78 is 0. The van der Waals surface area contributed by atoms with Gasteiger partial charge in [-0.2, -0.15) is 0 Å². The molecule has 1 fully saturated rings. The van der Waals surface area contributed by atoms with Crippen molar-refractivity contribution < 1.29 is 5.11 Å². The highest BCUT2D eigenvalue weighted by molar-refractivity contribution is 5.53. The van der Waals surface area contributed by atoms with Gasteiger partial charge in [0.25, 0.3) is 0 Å². The molecule has 0 atom stereocenters. The van der Waals surface area contributed by atoms with Gasteiger partial charge in [0, 0.05) is 16.7 Å². The van der Waals surface area contributed by atoms with Gasteiger partial charge < -0.3 is 10.8 Å². The Balaban J connectivity index is 2.00. The van der Waals surface area contributed by atoms with Crippen LogP contribution >= 0.6 is 0 Å². The third-order valence-electron chi connectivity index (χ3n) is 6.67. The summed E-state index contributed by atoms with van der Waals surface area (Å²) in [5, 5.41) is 10.5. The molecule has 3 N–H and O–H groups in total. The first-order valence-corrected chi connectivity index (χ1v) is 10.6. The van der Waals surface area contributed by atoms with E-state index in [0.29, 0.717) is 0 Å². The van der Waals surface area contributed by atoms with E-state index >= 15 is 0 Å². The zero-order chi connectivity index (χ0) is 20.4. The van der Waals surface area contributed by atoms with Gasteiger partial charge in [0.2, 0.25) is 0 Å². The summed E-state index contributed by atoms with van der Waals surface area (Å²) in [4.78, 5) is 0. The highest BCUT2D eigenvalue weighted by atomic mass is 16.3. The van der Waals surface area contributed by atoms with Crippen molar-refractivity contribution in [3.05, 3.63) is 64.2 Å². The number of aliphatic hydroxyl groups is 1. The Morgan fingerprint density at radius 1 is 0.964 bits per heavy atom. The summed E-state index contributed by atoms with van der Waals surface area (Å²) >= 11 is 0. The zero-order valence-corrected chi connectivity index (χ0v) is 17.7. The Morgan fingerprint density at radius 3 is 2.07 bits per heavy atom. The molecule has 0 heterocycles. The molecule has 0 bridgehead atoms. The average Bonchev–Trinajstić information content (AvgIpc) is 3.12. The topological polar surface area (TPSA) is 46.2 Å². The molecule has 2 heteroatoms. The Morgan fingerprint density at radius 2 is 1.54 bits per heavy atom. The number of nitrogen functional groups attached to an aromatic ring is 1. The van der Waals surface area contributed by atoms with E-state index in [2.05, 4.69) is 69.9 Å². The summed E-state index contributed by atoms with van der Waals surface area (Å²) in [5.74, 6) is 6.39. The molecule has 0 unspecified atom stereocenters. The van der Waals surface area contributed by atoms with E-state index in [0.717, 1.165) is 55.3 Å². The van der Waals surface area contributed by atoms with Crippen molar-refractivity contribution in [2.75, 3.05) is 5.73 Å². The molecule has 28 heavy (non-hydrogen) atoms. The smallest absolute Gasteiger partial charge is 0.125 e. The van der Waals surface area contributed by atoms with Gasteiger partial charge in [-0.25, -0.2) is 0 Å². The second-order valence-corrected chi connectivity index (χ2v) is 8.38. The van der Waals surface area contributed by atoms with E-state index in [4.69, 9.17) is 5.73 Å². The summed E-state index contributed by atoms with van der Waals surface area (Å²) in [7, 11) is 0. The van der Waals surface area contributed by atoms with Crippen molar-refractivity contribution in [2.24, 2.45) is 0 Å². The first-order valence-electron chi connectivity index (χ1n) is 10.6. The number of hydrogen-bond donors (Lipinski definition) is 2. The van der Waals surface area contributed by atoms with Crippen LogP contribution in [-0.2, 0) is 5.41 Å². The minimum absolute atomic E-state index is 0.0289. The van der Waals surface area contributed by atoms with Crippen molar-refractivity contribution in [3.8, 4) is 11.8 Å². The van der Waals surface area contributed by atoms with Crippen molar-refractivity contribution in [2.45, 2.75) is 77.2 Å². The summed E-state index contributed by atoms with van der Waals surface area (Å²) in [6.07, 6.45) is 5.78. The monoisotopic (exact) mass is 375 g/mol. The fourth-order valence-electron chi connectivity index (χ4n) is 4.58. The zero-order valence-electron chi connectivity index (χ0n) is 17.7. The van der Waals surface area contributed by atoms with E-state index in [1.54, 1.807) is 0 Å². The van der Waals surface area contributed by atoms with Gasteiger partial charge >= 0.3 is 0 Å². The molecule has 1 saturated carbocycles. The predicted molar refractivity (Wildman–Crippen MR) is 118 cm³/mol. The lowest BCUT2D eigenvalue weighted by Gasteiger charge is -2.34. The molecule has 1 aliphatic carbocycles. The molecule has 3 rings (SSSR count). The molecule has 2 aromatic carbocycles. The Hall–Kier alpha value is -2.24. The number of nitrogens with two attached hydrogens (primary N) is 1. The van der Waals surface area contributed by atoms with E-state index in [1.165, 1.54) is 16.7 Å². The number of benzene rings is 2. The number of aryl methyl sites for hydroxylation is 2. The normalized spacial score (nSPS) is 15.9. The first-order chi connectivity index (χ1) is 13.3. The first kappa shape index (κ1) is 20.5. The van der Waals surface area contributed by atoms with E-state index in [-0.39, 0.29) is 5.41 Å². The lowest BCUT2D eigenvalue weighted by Crippen LogP contribution is -2.26. The second-order valence-electron chi connectivity index (χ2n) is 8.38. The van der Waals surface area contributed by atoms with E-state index < -0.39 is 5.60 Å². The van der Waals surface area contributed by atoms with Crippen LogP contribution in [-0.4, -0.2) is 10.7 Å². The molecule has 2 nitrogen and oxygen atoms in total. The third kappa shape index (κ3) is 3.82. The van der Waals surface area contributed by atoms with Gasteiger partial charge in [-0.15, -0.1) is 0 Å². The summed E-state index contributed by atoms with van der Waals surface area (Å²) in [5.41, 5.74) is 12.0. The molecule has 0 aliphatic heterocycles. The van der Waals surface area contributed by atoms with Gasteiger partial charge in [0.05, 0.1) is 0 Å². The van der Waals surface area contributed by atoms with Crippen molar-refractivity contribution in [1.29, 1.82) is 0 Å². The van der Waals surface area contributed by atoms with Crippen LogP contribution in [0.3, 0.4) is 0 Å². The molecule has 0 aromatic heterocycles. The SMILES string of the molecule is CCC(CC)(c1ccc(N)c(C)c1)c1ccc(C#CC2(O)CCCC2)c(C)c1. The molecule has 0 radical (unpaired) electrons. The van der Waals surface area contributed by atoms with Crippen LogP contribution in [0.5, 0.6) is 0 Å². The fourth-order valence-corrected chi connectivity index (χ4v) is 4.58. The quantitative estimate of drug-likeness (QED) is 0.536. The number of anilines is 1. The summed E-state index contributed by atoms with van der Waals surface area (Å²) in [6, 6.07) is 13.1. The van der Waals surface area contributed by atoms with Crippen molar-refractivity contribution in [1.82, 2.24) is 0 Å². The van der Waals surface area contributed by atoms with Crippen LogP contribution in [0, 0.1) is 25.7 Å². The third-order valence-corrected chi connectivity index (χ3v) is 6.67. The second kappa shape index (κ2) is 8.02. The maximum atomic E-state index is 10.5. The largest absolute Gasteiger partial charge is 0.399 e. The molecular formula is C26H33NO. The molecule has 0 spiro atoms. The van der Waals surface area contributed by atoms with Crippen molar-refractivity contribution >= 4 is 5.69 Å². The summed E-state index contributed by atoms with van der Waals surface area (Å²) in [6.45, 7) is 8.71. The van der Waals surface area contributed by atoms with Crippen LogP contribution in [0.15, 0.2) is 36.4 Å². The fraction of sp³-hybridized carbons (Fsp3) is 0.462. The molecule has 0 amide bonds. The molecular weight excluding hydrogens is 342 g/mol. The molecule has 1 aliphatic rings. The van der Waals surface area contributed by atoms with Crippen LogP contribution in [0.4, 0.5) is 5.69 Å². The Kier molecular flexibility index (Phi) is 5.87. The maximum Gasteiger partial charge on any atom is 0.125 e. The lowest BCUT2D eigenvalue weighted by atomic mass is 9.70. The Bertz CT molecular complexity index is 906. The molecule has 0 saturated heterocycles. The predicted octanol–water partition coefficient (Wildman–Crippen LogP) is 5.65. The average molecular weight is 376 g/mol. The molecule has 148 valence electrons. The standard InChI is InChI=1S/C26H33NO/c1-5-26(6-2,23-11-12-24(27)20(4)18-23)22-10-9-21(19(3)17-22)13-16-25(28)14-7-8-15-25/h9-12,17-18,28H,5-8,14-15,27H2,1-4H3. The highest BCUT2D eigenvalue weighted by Crippen LogP contribution is 2.40. The minimum Gasteiger partial charge on any atom is -0.399 e. The van der Waals surface area contributed by atoms with Gasteiger partial charge in [-0.3, -0.25) is 0 Å². The van der Waals surface area contributed by atoms with Gasteiger partial charge in [-0.1, -0.05) is 50.0 Å². The maximum absolute atomic E-state index is 10.5. The number of hydrogen-bond acceptors (Lipinski definition) is 2. The molecule has 2 aromatic rings. The minimum atomic E-state index is -0.788. The van der Waals surface area contributed by atoms with Crippen LogP contribution in [0.1, 0.15) is 80.2 Å². The van der Waals surface area contributed by atoms with Crippen LogP contribution < -0.4 is 5.73 Å². The van der Waals surface area contributed by atoms with Crippen molar-refractivity contribution in [3.63, 3.8) is 0 Å². The lowest BCUT2D eigenvalue weighted by molar-refractivity contribution is 0.110. The van der Waals surface area contributed by atoms with Crippen LogP contribution in [0.2, 0.25) is 0 Å². The van der Waals surface area contributed by atoms with E-state index in [1.807, 2.05) is 6.07 Å². The van der Waals surface area contributed by atoms with Gasteiger partial charge in [0.1, 0.15) is 5.60 Å². The number of rotatable bonds is 4. The Labute approximate surface area is 170 Å².